The average Bonchev–Trinajstić information content (AvgIpc) is 3.35. The van der Waals surface area contributed by atoms with E-state index in [1.807, 2.05) is 12.1 Å². The Morgan fingerprint density at radius 3 is 1.59 bits per heavy atom. The minimum Gasteiger partial charge on any atom is -0.456 e. The minimum atomic E-state index is 0.929. The molecule has 0 saturated carbocycles. The Hall–Kier alpha value is -4.88. The van der Waals surface area contributed by atoms with Crippen molar-refractivity contribution in [3.8, 4) is 22.3 Å². The van der Waals surface area contributed by atoms with Gasteiger partial charge in [-0.25, -0.2) is 0 Å². The molecule has 7 aromatic carbocycles. The van der Waals surface area contributed by atoms with E-state index in [2.05, 4.69) is 121 Å². The summed E-state index contributed by atoms with van der Waals surface area (Å²) in [6.45, 7) is 0. The smallest absolute Gasteiger partial charge is 0.136 e. The van der Waals surface area contributed by atoms with Gasteiger partial charge in [0.25, 0.3) is 0 Å². The van der Waals surface area contributed by atoms with Gasteiger partial charge >= 0.3 is 0 Å². The first-order valence-corrected chi connectivity index (χ1v) is 12.7. The maximum Gasteiger partial charge on any atom is 0.136 e. The van der Waals surface area contributed by atoms with Gasteiger partial charge in [0, 0.05) is 10.8 Å². The van der Waals surface area contributed by atoms with E-state index >= 15 is 0 Å². The molecule has 1 heteroatoms. The quantitative estimate of drug-likeness (QED) is 0.229. The van der Waals surface area contributed by atoms with Crippen molar-refractivity contribution in [1.82, 2.24) is 0 Å². The highest BCUT2D eigenvalue weighted by atomic mass is 16.3. The molecule has 1 nitrogen and oxygen atoms in total. The fraction of sp³-hybridized carbons (Fsp3) is 0. The van der Waals surface area contributed by atoms with Gasteiger partial charge in [-0.2, -0.15) is 0 Å². The first-order chi connectivity index (χ1) is 18.4. The van der Waals surface area contributed by atoms with Crippen LogP contribution < -0.4 is 0 Å². The van der Waals surface area contributed by atoms with Crippen molar-refractivity contribution >= 4 is 54.3 Å². The Bertz CT molecular complexity index is 2070. The van der Waals surface area contributed by atoms with Crippen LogP contribution in [0, 0.1) is 0 Å². The number of furan rings is 1. The predicted octanol–water partition coefficient (Wildman–Crippen LogP) is 10.4. The molecule has 1 aromatic heterocycles. The Balaban J connectivity index is 1.55. The first-order valence-electron chi connectivity index (χ1n) is 12.7. The second-order valence-corrected chi connectivity index (χ2v) is 9.64. The molecule has 0 aliphatic rings. The van der Waals surface area contributed by atoms with Gasteiger partial charge in [0.2, 0.25) is 0 Å². The third kappa shape index (κ3) is 2.92. The zero-order chi connectivity index (χ0) is 24.3. The minimum absolute atomic E-state index is 0.929. The zero-order valence-corrected chi connectivity index (χ0v) is 20.1. The van der Waals surface area contributed by atoms with Crippen LogP contribution in [-0.2, 0) is 0 Å². The van der Waals surface area contributed by atoms with Gasteiger partial charge < -0.3 is 4.42 Å². The highest BCUT2D eigenvalue weighted by Gasteiger charge is 2.19. The molecule has 0 unspecified atom stereocenters. The lowest BCUT2D eigenvalue weighted by atomic mass is 9.84. The van der Waals surface area contributed by atoms with Crippen LogP contribution in [0.2, 0.25) is 0 Å². The summed E-state index contributed by atoms with van der Waals surface area (Å²) in [7, 11) is 0. The van der Waals surface area contributed by atoms with Gasteiger partial charge in [-0.1, -0.05) is 121 Å². The predicted molar refractivity (Wildman–Crippen MR) is 157 cm³/mol. The SMILES string of the molecule is c1ccc(-c2c3ccccc3c(-c3cccc4c3ccc3oc5ccccc5c34)c3ccccc23)cc1. The number of hydrogen-bond acceptors (Lipinski definition) is 1. The van der Waals surface area contributed by atoms with Crippen LogP contribution in [-0.4, -0.2) is 0 Å². The second-order valence-electron chi connectivity index (χ2n) is 9.64. The number of benzene rings is 7. The lowest BCUT2D eigenvalue weighted by Crippen LogP contribution is -1.91. The lowest BCUT2D eigenvalue weighted by molar-refractivity contribution is 0.669. The topological polar surface area (TPSA) is 13.1 Å². The van der Waals surface area contributed by atoms with E-state index in [1.165, 1.54) is 60.0 Å². The Morgan fingerprint density at radius 2 is 0.892 bits per heavy atom. The fourth-order valence-corrected chi connectivity index (χ4v) is 6.13. The zero-order valence-electron chi connectivity index (χ0n) is 20.1. The summed E-state index contributed by atoms with van der Waals surface area (Å²) >= 11 is 0. The van der Waals surface area contributed by atoms with Crippen molar-refractivity contribution in [2.45, 2.75) is 0 Å². The van der Waals surface area contributed by atoms with E-state index in [0.29, 0.717) is 0 Å². The molecule has 0 aliphatic heterocycles. The fourth-order valence-electron chi connectivity index (χ4n) is 6.13. The molecule has 1 heterocycles. The van der Waals surface area contributed by atoms with E-state index in [9.17, 15) is 0 Å². The molecule has 0 bridgehead atoms. The molecule has 8 aromatic rings. The second kappa shape index (κ2) is 7.81. The molecule has 8 rings (SSSR count). The molecular weight excluding hydrogens is 448 g/mol. The summed E-state index contributed by atoms with van der Waals surface area (Å²) in [5.74, 6) is 0. The number of para-hydroxylation sites is 1. The molecule has 0 radical (unpaired) electrons. The van der Waals surface area contributed by atoms with E-state index < -0.39 is 0 Å². The lowest BCUT2D eigenvalue weighted by Gasteiger charge is -2.18. The molecule has 172 valence electrons. The van der Waals surface area contributed by atoms with Gasteiger partial charge in [-0.15, -0.1) is 0 Å². The molecule has 0 fully saturated rings. The number of rotatable bonds is 2. The van der Waals surface area contributed by atoms with Crippen molar-refractivity contribution in [2.24, 2.45) is 0 Å². The molecule has 0 N–H and O–H groups in total. The summed E-state index contributed by atoms with van der Waals surface area (Å²) < 4.78 is 6.21. The summed E-state index contributed by atoms with van der Waals surface area (Å²) in [6, 6.07) is 47.8. The summed E-state index contributed by atoms with van der Waals surface area (Å²) in [6.07, 6.45) is 0. The highest BCUT2D eigenvalue weighted by Crippen LogP contribution is 2.46. The Labute approximate surface area is 214 Å². The molecule has 37 heavy (non-hydrogen) atoms. The number of hydrogen-bond donors (Lipinski definition) is 0. The van der Waals surface area contributed by atoms with Crippen molar-refractivity contribution < 1.29 is 4.42 Å². The largest absolute Gasteiger partial charge is 0.456 e. The summed E-state index contributed by atoms with van der Waals surface area (Å²) in [5, 5.41) is 9.89. The van der Waals surface area contributed by atoms with Crippen LogP contribution in [0.5, 0.6) is 0 Å². The molecule has 0 amide bonds. The van der Waals surface area contributed by atoms with Crippen LogP contribution in [0.3, 0.4) is 0 Å². The maximum atomic E-state index is 6.21. The Morgan fingerprint density at radius 1 is 0.324 bits per heavy atom. The number of fused-ring (bicyclic) bond motifs is 7. The van der Waals surface area contributed by atoms with Crippen molar-refractivity contribution in [1.29, 1.82) is 0 Å². The van der Waals surface area contributed by atoms with Crippen molar-refractivity contribution in [3.63, 3.8) is 0 Å². The average molecular weight is 471 g/mol. The van der Waals surface area contributed by atoms with E-state index in [1.54, 1.807) is 0 Å². The summed E-state index contributed by atoms with van der Waals surface area (Å²) in [5.41, 5.74) is 6.92. The van der Waals surface area contributed by atoms with Crippen LogP contribution in [0.1, 0.15) is 0 Å². The molecule has 0 saturated heterocycles. The van der Waals surface area contributed by atoms with Gasteiger partial charge in [-0.3, -0.25) is 0 Å². The normalized spacial score (nSPS) is 11.8. The van der Waals surface area contributed by atoms with Crippen molar-refractivity contribution in [2.75, 3.05) is 0 Å². The van der Waals surface area contributed by atoms with Gasteiger partial charge in [0.15, 0.2) is 0 Å². The third-order valence-corrected chi connectivity index (χ3v) is 7.66. The van der Waals surface area contributed by atoms with E-state index in [0.717, 1.165) is 16.6 Å². The standard InChI is InChI=1S/C36H22O/c1-2-11-23(12-3-1)34-27-13-4-6-15-29(27)35(30-16-7-5-14-28(30)34)25-18-10-19-26-24(25)21-22-33-36(26)31-17-8-9-20-32(31)37-33/h1-22H. The molecule has 0 atom stereocenters. The van der Waals surface area contributed by atoms with Gasteiger partial charge in [0.1, 0.15) is 11.2 Å². The monoisotopic (exact) mass is 470 g/mol. The first kappa shape index (κ1) is 20.3. The van der Waals surface area contributed by atoms with Gasteiger partial charge in [0.05, 0.1) is 0 Å². The molecular formula is C36H22O. The Kier molecular flexibility index (Phi) is 4.29. The van der Waals surface area contributed by atoms with Crippen LogP contribution >= 0.6 is 0 Å². The third-order valence-electron chi connectivity index (χ3n) is 7.66. The summed E-state index contributed by atoms with van der Waals surface area (Å²) in [4.78, 5) is 0. The van der Waals surface area contributed by atoms with Crippen molar-refractivity contribution in [3.05, 3.63) is 133 Å². The molecule has 0 spiro atoms. The maximum absolute atomic E-state index is 6.21. The van der Waals surface area contributed by atoms with Crippen LogP contribution in [0.25, 0.3) is 76.5 Å². The van der Waals surface area contributed by atoms with E-state index in [-0.39, 0.29) is 0 Å². The van der Waals surface area contributed by atoms with Crippen LogP contribution in [0.15, 0.2) is 138 Å². The van der Waals surface area contributed by atoms with Crippen LogP contribution in [0.4, 0.5) is 0 Å². The molecule has 0 aliphatic carbocycles. The van der Waals surface area contributed by atoms with Gasteiger partial charge in [-0.05, 0) is 66.7 Å². The van der Waals surface area contributed by atoms with E-state index in [4.69, 9.17) is 4.42 Å². The highest BCUT2D eigenvalue weighted by molar-refractivity contribution is 6.26.